The second-order valence-corrected chi connectivity index (χ2v) is 7.83. The van der Waals surface area contributed by atoms with Crippen molar-refractivity contribution in [3.05, 3.63) is 52.6 Å². The van der Waals surface area contributed by atoms with Crippen molar-refractivity contribution in [1.29, 1.82) is 0 Å². The molecule has 116 valence electrons. The van der Waals surface area contributed by atoms with Crippen LogP contribution in [0.1, 0.15) is 23.2 Å². The first-order valence-corrected chi connectivity index (χ1v) is 8.62. The summed E-state index contributed by atoms with van der Waals surface area (Å²) >= 11 is 6.02. The zero-order valence-electron chi connectivity index (χ0n) is 12.3. The third-order valence-electron chi connectivity index (χ3n) is 3.74. The van der Waals surface area contributed by atoms with Crippen LogP contribution in [0.4, 0.5) is 0 Å². The summed E-state index contributed by atoms with van der Waals surface area (Å²) in [7, 11) is -0.570. The molecule has 0 unspecified atom stereocenters. The molecule has 0 spiro atoms. The maximum Gasteiger partial charge on any atom is 0.308 e. The fourth-order valence-electron chi connectivity index (χ4n) is 2.58. The fourth-order valence-corrected chi connectivity index (χ4v) is 3.66. The third-order valence-corrected chi connectivity index (χ3v) is 5.70. The summed E-state index contributed by atoms with van der Waals surface area (Å²) in [6.07, 6.45) is 6.54. The molecule has 0 saturated carbocycles. The van der Waals surface area contributed by atoms with E-state index < -0.39 is 10.2 Å². The van der Waals surface area contributed by atoms with Gasteiger partial charge in [0.15, 0.2) is 0 Å². The van der Waals surface area contributed by atoms with Crippen LogP contribution in [-0.4, -0.2) is 35.8 Å². The van der Waals surface area contributed by atoms with Gasteiger partial charge < -0.3 is 0 Å². The van der Waals surface area contributed by atoms with Crippen molar-refractivity contribution in [3.63, 3.8) is 0 Å². The van der Waals surface area contributed by atoms with Gasteiger partial charge in [0.2, 0.25) is 0 Å². The molecule has 0 aliphatic heterocycles. The minimum atomic E-state index is -3.57. The van der Waals surface area contributed by atoms with Crippen LogP contribution in [-0.2, 0) is 16.6 Å². The van der Waals surface area contributed by atoms with E-state index in [1.807, 2.05) is 24.3 Å². The molecule has 1 aromatic carbocycles. The highest BCUT2D eigenvalue weighted by Gasteiger charge is 2.21. The average Bonchev–Trinajstić information content (AvgIpc) is 3.06. The maximum atomic E-state index is 12.3. The number of halogens is 1. The number of hydrogen-bond acceptors (Lipinski definition) is 3. The smallest absolute Gasteiger partial charge is 0.243 e. The molecule has 1 heterocycles. The van der Waals surface area contributed by atoms with Gasteiger partial charge >= 0.3 is 10.2 Å². The molecule has 0 saturated heterocycles. The van der Waals surface area contributed by atoms with E-state index in [9.17, 15) is 8.42 Å². The molecule has 3 rings (SSSR count). The SMILES string of the molecule is CN(C)S(=O)(=O)n1cncc1/C=C1\CCc2cc(Cl)ccc21. The highest BCUT2D eigenvalue weighted by Crippen LogP contribution is 2.35. The minimum absolute atomic E-state index is 0.548. The summed E-state index contributed by atoms with van der Waals surface area (Å²) in [4.78, 5) is 3.97. The summed E-state index contributed by atoms with van der Waals surface area (Å²) in [5.41, 5.74) is 3.97. The molecule has 7 heteroatoms. The molecule has 22 heavy (non-hydrogen) atoms. The standard InChI is InChI=1S/C15H16ClN3O2S/c1-18(2)22(20,21)19-10-17-9-14(19)8-12-4-3-11-7-13(16)5-6-15(11)12/h5-10H,3-4H2,1-2H3/b12-8+. The number of allylic oxidation sites excluding steroid dienone is 1. The number of rotatable bonds is 3. The predicted octanol–water partition coefficient (Wildman–Crippen LogP) is 2.68. The van der Waals surface area contributed by atoms with Crippen molar-refractivity contribution in [3.8, 4) is 0 Å². The normalized spacial score (nSPS) is 16.5. The largest absolute Gasteiger partial charge is 0.308 e. The lowest BCUT2D eigenvalue weighted by atomic mass is 10.1. The highest BCUT2D eigenvalue weighted by molar-refractivity contribution is 7.87. The molecule has 0 amide bonds. The first-order chi connectivity index (χ1) is 10.4. The number of fused-ring (bicyclic) bond motifs is 1. The Hall–Kier alpha value is -1.63. The molecule has 0 radical (unpaired) electrons. The summed E-state index contributed by atoms with van der Waals surface area (Å²) < 4.78 is 26.9. The van der Waals surface area contributed by atoms with E-state index in [4.69, 9.17) is 11.6 Å². The van der Waals surface area contributed by atoms with Crippen molar-refractivity contribution >= 4 is 33.5 Å². The molecule has 1 aliphatic carbocycles. The van der Waals surface area contributed by atoms with E-state index in [0.717, 1.165) is 29.0 Å². The highest BCUT2D eigenvalue weighted by atomic mass is 35.5. The summed E-state index contributed by atoms with van der Waals surface area (Å²) in [5.74, 6) is 0. The van der Waals surface area contributed by atoms with Gasteiger partial charge in [0, 0.05) is 19.1 Å². The number of aryl methyl sites for hydroxylation is 1. The van der Waals surface area contributed by atoms with Crippen LogP contribution >= 0.6 is 11.6 Å². The number of aromatic nitrogens is 2. The molecule has 5 nitrogen and oxygen atoms in total. The molecule has 2 aromatic rings. The number of imidazole rings is 1. The zero-order valence-corrected chi connectivity index (χ0v) is 13.9. The lowest BCUT2D eigenvalue weighted by Crippen LogP contribution is -2.29. The zero-order chi connectivity index (χ0) is 15.9. The van der Waals surface area contributed by atoms with Gasteiger partial charge in [-0.25, -0.2) is 8.96 Å². The Morgan fingerprint density at radius 3 is 2.82 bits per heavy atom. The van der Waals surface area contributed by atoms with E-state index in [1.54, 1.807) is 6.20 Å². The van der Waals surface area contributed by atoms with Gasteiger partial charge in [-0.15, -0.1) is 0 Å². The van der Waals surface area contributed by atoms with Crippen LogP contribution in [0.2, 0.25) is 5.02 Å². The predicted molar refractivity (Wildman–Crippen MR) is 87.9 cm³/mol. The Morgan fingerprint density at radius 1 is 1.32 bits per heavy atom. The maximum absolute atomic E-state index is 12.3. The van der Waals surface area contributed by atoms with E-state index in [-0.39, 0.29) is 0 Å². The third kappa shape index (κ3) is 2.58. The van der Waals surface area contributed by atoms with Gasteiger partial charge in [-0.05, 0) is 47.8 Å². The molecular weight excluding hydrogens is 322 g/mol. The van der Waals surface area contributed by atoms with Gasteiger partial charge in [0.05, 0.1) is 11.9 Å². The minimum Gasteiger partial charge on any atom is -0.243 e. The van der Waals surface area contributed by atoms with Crippen molar-refractivity contribution in [2.75, 3.05) is 14.1 Å². The van der Waals surface area contributed by atoms with Gasteiger partial charge in [-0.1, -0.05) is 17.7 Å². The Morgan fingerprint density at radius 2 is 2.09 bits per heavy atom. The van der Waals surface area contributed by atoms with Crippen LogP contribution in [0.15, 0.2) is 30.7 Å². The van der Waals surface area contributed by atoms with Crippen molar-refractivity contribution in [1.82, 2.24) is 13.3 Å². The first kappa shape index (κ1) is 15.3. The van der Waals surface area contributed by atoms with E-state index >= 15 is 0 Å². The lowest BCUT2D eigenvalue weighted by Gasteiger charge is -2.13. The van der Waals surface area contributed by atoms with E-state index in [0.29, 0.717) is 5.69 Å². The van der Waals surface area contributed by atoms with Gasteiger partial charge in [0.25, 0.3) is 0 Å². The van der Waals surface area contributed by atoms with Crippen LogP contribution in [0.5, 0.6) is 0 Å². The van der Waals surface area contributed by atoms with E-state index in [1.165, 1.54) is 34.3 Å². The molecule has 1 aliphatic rings. The number of hydrogen-bond donors (Lipinski definition) is 0. The second-order valence-electron chi connectivity index (χ2n) is 5.38. The van der Waals surface area contributed by atoms with Crippen LogP contribution in [0.3, 0.4) is 0 Å². The Balaban J connectivity index is 2.05. The Bertz CT molecular complexity index is 853. The van der Waals surface area contributed by atoms with Crippen molar-refractivity contribution in [2.24, 2.45) is 0 Å². The molecule has 0 N–H and O–H groups in total. The Kier molecular flexibility index (Phi) is 3.84. The van der Waals surface area contributed by atoms with Crippen LogP contribution in [0, 0.1) is 0 Å². The average molecular weight is 338 g/mol. The second kappa shape index (κ2) is 5.53. The molecule has 0 atom stereocenters. The molecule has 0 bridgehead atoms. The van der Waals surface area contributed by atoms with Crippen LogP contribution < -0.4 is 0 Å². The molecule has 1 aromatic heterocycles. The monoisotopic (exact) mass is 337 g/mol. The summed E-state index contributed by atoms with van der Waals surface area (Å²) in [5, 5.41) is 0.722. The topological polar surface area (TPSA) is 55.2 Å². The van der Waals surface area contributed by atoms with Crippen LogP contribution in [0.25, 0.3) is 11.6 Å². The molecular formula is C15H16ClN3O2S. The number of benzene rings is 1. The lowest BCUT2D eigenvalue weighted by molar-refractivity contribution is 0.510. The van der Waals surface area contributed by atoms with Gasteiger partial charge in [-0.2, -0.15) is 12.7 Å². The molecule has 0 fully saturated rings. The van der Waals surface area contributed by atoms with Gasteiger partial charge in [-0.3, -0.25) is 0 Å². The summed E-state index contributed by atoms with van der Waals surface area (Å²) in [6.45, 7) is 0. The van der Waals surface area contributed by atoms with E-state index in [2.05, 4.69) is 4.98 Å². The first-order valence-electron chi connectivity index (χ1n) is 6.84. The summed E-state index contributed by atoms with van der Waals surface area (Å²) in [6, 6.07) is 5.80. The Labute approximate surface area is 135 Å². The fraction of sp³-hybridized carbons (Fsp3) is 0.267. The van der Waals surface area contributed by atoms with Crippen molar-refractivity contribution < 1.29 is 8.42 Å². The number of nitrogens with zero attached hydrogens (tertiary/aromatic N) is 3. The quantitative estimate of drug-likeness (QED) is 0.865. The van der Waals surface area contributed by atoms with Gasteiger partial charge in [0.1, 0.15) is 6.33 Å². The van der Waals surface area contributed by atoms with Crippen molar-refractivity contribution in [2.45, 2.75) is 12.8 Å².